The quantitative estimate of drug-likeness (QED) is 0.559. The van der Waals surface area contributed by atoms with Crippen LogP contribution in [0.5, 0.6) is 0 Å². The van der Waals surface area contributed by atoms with E-state index in [1.807, 2.05) is 7.05 Å². The molecule has 2 unspecified atom stereocenters. The standard InChI is InChI=1S/C10H24N2O2/c1-9(5-11-2)6-12-7-10(14-4)8-13-3/h9-12H,5-8H2,1-4H3. The summed E-state index contributed by atoms with van der Waals surface area (Å²) in [6.07, 6.45) is 0.154. The molecule has 0 aliphatic heterocycles. The molecule has 86 valence electrons. The smallest absolute Gasteiger partial charge is 0.0928 e. The SMILES string of the molecule is CNCC(C)CNCC(COC)OC. The predicted octanol–water partition coefficient (Wildman–Crippen LogP) is 0.0929. The summed E-state index contributed by atoms with van der Waals surface area (Å²) in [7, 11) is 5.37. The van der Waals surface area contributed by atoms with Crippen LogP contribution in [0.2, 0.25) is 0 Å². The summed E-state index contributed by atoms with van der Waals surface area (Å²) in [4.78, 5) is 0. The molecule has 0 radical (unpaired) electrons. The molecule has 0 heterocycles. The van der Waals surface area contributed by atoms with Gasteiger partial charge in [0.2, 0.25) is 0 Å². The van der Waals surface area contributed by atoms with E-state index in [4.69, 9.17) is 9.47 Å². The second kappa shape index (κ2) is 9.40. The minimum Gasteiger partial charge on any atom is -0.382 e. The van der Waals surface area contributed by atoms with Crippen LogP contribution in [-0.4, -0.2) is 53.6 Å². The van der Waals surface area contributed by atoms with Crippen molar-refractivity contribution in [3.05, 3.63) is 0 Å². The molecule has 0 aromatic rings. The monoisotopic (exact) mass is 204 g/mol. The van der Waals surface area contributed by atoms with Gasteiger partial charge in [-0.1, -0.05) is 6.92 Å². The van der Waals surface area contributed by atoms with E-state index >= 15 is 0 Å². The van der Waals surface area contributed by atoms with Crippen molar-refractivity contribution < 1.29 is 9.47 Å². The fourth-order valence-electron chi connectivity index (χ4n) is 1.31. The highest BCUT2D eigenvalue weighted by atomic mass is 16.5. The molecular formula is C10H24N2O2. The summed E-state index contributed by atoms with van der Waals surface area (Å²) in [5, 5.41) is 6.51. The van der Waals surface area contributed by atoms with Gasteiger partial charge in [-0.2, -0.15) is 0 Å². The number of nitrogens with one attached hydrogen (secondary N) is 2. The van der Waals surface area contributed by atoms with Crippen molar-refractivity contribution >= 4 is 0 Å². The van der Waals surface area contributed by atoms with Crippen LogP contribution in [0.25, 0.3) is 0 Å². The van der Waals surface area contributed by atoms with Crippen molar-refractivity contribution in [2.45, 2.75) is 13.0 Å². The van der Waals surface area contributed by atoms with Crippen molar-refractivity contribution in [1.82, 2.24) is 10.6 Å². The Morgan fingerprint density at radius 3 is 2.36 bits per heavy atom. The zero-order valence-corrected chi connectivity index (χ0v) is 9.80. The van der Waals surface area contributed by atoms with Crippen molar-refractivity contribution in [3.8, 4) is 0 Å². The summed E-state index contributed by atoms with van der Waals surface area (Å²) in [5.74, 6) is 0.639. The van der Waals surface area contributed by atoms with E-state index in [-0.39, 0.29) is 6.10 Å². The fraction of sp³-hybridized carbons (Fsp3) is 1.00. The van der Waals surface area contributed by atoms with Gasteiger partial charge >= 0.3 is 0 Å². The van der Waals surface area contributed by atoms with Gasteiger partial charge in [0, 0.05) is 20.8 Å². The topological polar surface area (TPSA) is 42.5 Å². The van der Waals surface area contributed by atoms with Crippen molar-refractivity contribution in [2.75, 3.05) is 47.5 Å². The number of ether oxygens (including phenoxy) is 2. The average Bonchev–Trinajstić information content (AvgIpc) is 2.17. The fourth-order valence-corrected chi connectivity index (χ4v) is 1.31. The van der Waals surface area contributed by atoms with E-state index < -0.39 is 0 Å². The molecule has 0 aliphatic carbocycles. The van der Waals surface area contributed by atoms with Crippen LogP contribution in [0.1, 0.15) is 6.92 Å². The van der Waals surface area contributed by atoms with E-state index in [2.05, 4.69) is 17.6 Å². The average molecular weight is 204 g/mol. The largest absolute Gasteiger partial charge is 0.382 e. The molecule has 0 fully saturated rings. The van der Waals surface area contributed by atoms with Crippen LogP contribution in [0, 0.1) is 5.92 Å². The minimum atomic E-state index is 0.154. The van der Waals surface area contributed by atoms with Crippen LogP contribution < -0.4 is 10.6 Å². The lowest BCUT2D eigenvalue weighted by Crippen LogP contribution is -2.35. The predicted molar refractivity (Wildman–Crippen MR) is 58.6 cm³/mol. The van der Waals surface area contributed by atoms with Gasteiger partial charge in [-0.25, -0.2) is 0 Å². The number of hydrogen-bond acceptors (Lipinski definition) is 4. The molecular weight excluding hydrogens is 180 g/mol. The molecule has 2 atom stereocenters. The molecule has 4 heteroatoms. The summed E-state index contributed by atoms with van der Waals surface area (Å²) in [6.45, 7) is 5.74. The third-order valence-corrected chi connectivity index (χ3v) is 2.10. The molecule has 0 aromatic heterocycles. The molecule has 0 rings (SSSR count). The Morgan fingerprint density at radius 2 is 1.86 bits per heavy atom. The first kappa shape index (κ1) is 13.8. The van der Waals surface area contributed by atoms with Gasteiger partial charge in [-0.3, -0.25) is 0 Å². The summed E-state index contributed by atoms with van der Waals surface area (Å²) in [5.41, 5.74) is 0. The van der Waals surface area contributed by atoms with Gasteiger partial charge in [0.25, 0.3) is 0 Å². The highest BCUT2D eigenvalue weighted by Crippen LogP contribution is 1.92. The molecule has 0 aromatic carbocycles. The third kappa shape index (κ3) is 7.26. The van der Waals surface area contributed by atoms with E-state index in [0.717, 1.165) is 19.6 Å². The maximum atomic E-state index is 5.23. The van der Waals surface area contributed by atoms with Gasteiger partial charge < -0.3 is 20.1 Å². The minimum absolute atomic E-state index is 0.154. The zero-order chi connectivity index (χ0) is 10.8. The first-order chi connectivity index (χ1) is 6.74. The highest BCUT2D eigenvalue weighted by molar-refractivity contribution is 4.63. The number of methoxy groups -OCH3 is 2. The van der Waals surface area contributed by atoms with E-state index in [1.54, 1.807) is 14.2 Å². The molecule has 14 heavy (non-hydrogen) atoms. The summed E-state index contributed by atoms with van der Waals surface area (Å²) in [6, 6.07) is 0. The first-order valence-electron chi connectivity index (χ1n) is 5.11. The molecule has 4 nitrogen and oxygen atoms in total. The van der Waals surface area contributed by atoms with Crippen molar-refractivity contribution in [3.63, 3.8) is 0 Å². The molecule has 0 bridgehead atoms. The Labute approximate surface area is 87.4 Å². The molecule has 0 spiro atoms. The van der Waals surface area contributed by atoms with Gasteiger partial charge in [-0.05, 0) is 26.1 Å². The van der Waals surface area contributed by atoms with Crippen LogP contribution in [0.4, 0.5) is 0 Å². The maximum Gasteiger partial charge on any atom is 0.0928 e. The van der Waals surface area contributed by atoms with Crippen LogP contribution >= 0.6 is 0 Å². The molecule has 0 saturated carbocycles. The molecule has 0 aliphatic rings. The lowest BCUT2D eigenvalue weighted by Gasteiger charge is -2.17. The van der Waals surface area contributed by atoms with Gasteiger partial charge in [-0.15, -0.1) is 0 Å². The Morgan fingerprint density at radius 1 is 1.14 bits per heavy atom. The summed E-state index contributed by atoms with van der Waals surface area (Å²) >= 11 is 0. The second-order valence-corrected chi connectivity index (χ2v) is 3.63. The molecule has 2 N–H and O–H groups in total. The lowest BCUT2D eigenvalue weighted by molar-refractivity contribution is 0.0286. The van der Waals surface area contributed by atoms with Gasteiger partial charge in [0.05, 0.1) is 12.7 Å². The summed E-state index contributed by atoms with van der Waals surface area (Å²) < 4.78 is 10.3. The van der Waals surface area contributed by atoms with Crippen molar-refractivity contribution in [1.29, 1.82) is 0 Å². The van der Waals surface area contributed by atoms with Crippen LogP contribution in [0.3, 0.4) is 0 Å². The molecule has 0 amide bonds. The van der Waals surface area contributed by atoms with E-state index in [9.17, 15) is 0 Å². The van der Waals surface area contributed by atoms with Crippen molar-refractivity contribution in [2.24, 2.45) is 5.92 Å². The Balaban J connectivity index is 3.40. The van der Waals surface area contributed by atoms with Gasteiger partial charge in [0.15, 0.2) is 0 Å². The molecule has 0 saturated heterocycles. The maximum absolute atomic E-state index is 5.23. The Hall–Kier alpha value is -0.160. The Bertz CT molecular complexity index is 123. The number of hydrogen-bond donors (Lipinski definition) is 2. The van der Waals surface area contributed by atoms with Crippen LogP contribution in [-0.2, 0) is 9.47 Å². The lowest BCUT2D eigenvalue weighted by atomic mass is 10.2. The Kier molecular flexibility index (Phi) is 9.29. The zero-order valence-electron chi connectivity index (χ0n) is 9.80. The number of rotatable bonds is 9. The third-order valence-electron chi connectivity index (χ3n) is 2.10. The highest BCUT2D eigenvalue weighted by Gasteiger charge is 2.06. The van der Waals surface area contributed by atoms with Gasteiger partial charge in [0.1, 0.15) is 0 Å². The van der Waals surface area contributed by atoms with E-state index in [1.165, 1.54) is 0 Å². The van der Waals surface area contributed by atoms with E-state index in [0.29, 0.717) is 12.5 Å². The first-order valence-corrected chi connectivity index (χ1v) is 5.11. The second-order valence-electron chi connectivity index (χ2n) is 3.63. The normalized spacial score (nSPS) is 15.4. The van der Waals surface area contributed by atoms with Crippen LogP contribution in [0.15, 0.2) is 0 Å².